The molecule has 0 aliphatic heterocycles. The molecule has 0 saturated heterocycles. The van der Waals surface area contributed by atoms with Crippen LogP contribution >= 0.6 is 0 Å². The van der Waals surface area contributed by atoms with Crippen LogP contribution in [0, 0.1) is 0 Å². The van der Waals surface area contributed by atoms with E-state index in [-0.39, 0.29) is 5.41 Å². The van der Waals surface area contributed by atoms with Gasteiger partial charge in [-0.15, -0.1) is 0 Å². The molecule has 0 bridgehead atoms. The molecule has 0 saturated carbocycles. The highest BCUT2D eigenvalue weighted by molar-refractivity contribution is 5.35. The van der Waals surface area contributed by atoms with Gasteiger partial charge in [-0.1, -0.05) is 44.5 Å². The Morgan fingerprint density at radius 1 is 0.818 bits per heavy atom. The topological polar surface area (TPSA) is 18.5 Å². The van der Waals surface area contributed by atoms with Gasteiger partial charge >= 0.3 is 0 Å². The standard InChI is InChI=1S/C20H26O2/c1-5-14-20(2,17-8-12-19(22-4)13-9-17)15-16-6-10-18(21-3)11-7-16/h6-13H,5,14-15H2,1-4H3. The second-order valence-corrected chi connectivity index (χ2v) is 6.06. The predicted molar refractivity (Wildman–Crippen MR) is 92.0 cm³/mol. The van der Waals surface area contributed by atoms with Gasteiger partial charge in [-0.2, -0.15) is 0 Å². The molecule has 1 unspecified atom stereocenters. The first-order chi connectivity index (χ1) is 10.6. The largest absolute Gasteiger partial charge is 0.497 e. The number of methoxy groups -OCH3 is 2. The van der Waals surface area contributed by atoms with E-state index in [1.54, 1.807) is 14.2 Å². The highest BCUT2D eigenvalue weighted by Crippen LogP contribution is 2.34. The fourth-order valence-electron chi connectivity index (χ4n) is 3.07. The molecule has 0 aromatic heterocycles. The number of ether oxygens (including phenoxy) is 2. The van der Waals surface area contributed by atoms with Crippen LogP contribution in [0.3, 0.4) is 0 Å². The Morgan fingerprint density at radius 2 is 1.32 bits per heavy atom. The molecule has 0 aliphatic rings. The monoisotopic (exact) mass is 298 g/mol. The number of hydrogen-bond donors (Lipinski definition) is 0. The Bertz CT molecular complexity index is 572. The molecule has 22 heavy (non-hydrogen) atoms. The number of benzene rings is 2. The van der Waals surface area contributed by atoms with E-state index >= 15 is 0 Å². The van der Waals surface area contributed by atoms with Gasteiger partial charge in [-0.25, -0.2) is 0 Å². The summed E-state index contributed by atoms with van der Waals surface area (Å²) in [6.45, 7) is 4.60. The second-order valence-electron chi connectivity index (χ2n) is 6.06. The van der Waals surface area contributed by atoms with Gasteiger partial charge in [0, 0.05) is 0 Å². The summed E-state index contributed by atoms with van der Waals surface area (Å²) in [6, 6.07) is 16.9. The van der Waals surface area contributed by atoms with Crippen LogP contribution in [0.2, 0.25) is 0 Å². The van der Waals surface area contributed by atoms with Crippen LogP contribution in [0.5, 0.6) is 11.5 Å². The molecule has 0 radical (unpaired) electrons. The minimum Gasteiger partial charge on any atom is -0.497 e. The van der Waals surface area contributed by atoms with Crippen molar-refractivity contribution in [2.24, 2.45) is 0 Å². The molecule has 1 atom stereocenters. The van der Waals surface area contributed by atoms with Gasteiger partial charge in [0.25, 0.3) is 0 Å². The summed E-state index contributed by atoms with van der Waals surface area (Å²) in [5, 5.41) is 0. The minimum absolute atomic E-state index is 0.135. The van der Waals surface area contributed by atoms with Gasteiger partial charge in [0.1, 0.15) is 11.5 Å². The molecule has 2 nitrogen and oxygen atoms in total. The third-order valence-corrected chi connectivity index (χ3v) is 4.34. The highest BCUT2D eigenvalue weighted by atomic mass is 16.5. The predicted octanol–water partition coefficient (Wildman–Crippen LogP) is 5.00. The molecule has 2 rings (SSSR count). The normalized spacial score (nSPS) is 13.5. The SMILES string of the molecule is CCCC(C)(Cc1ccc(OC)cc1)c1ccc(OC)cc1. The lowest BCUT2D eigenvalue weighted by Gasteiger charge is -2.30. The fraction of sp³-hybridized carbons (Fsp3) is 0.400. The van der Waals surface area contributed by atoms with Crippen molar-refractivity contribution in [3.05, 3.63) is 59.7 Å². The first-order valence-electron chi connectivity index (χ1n) is 7.89. The molecule has 0 fully saturated rings. The lowest BCUT2D eigenvalue weighted by atomic mass is 9.74. The lowest BCUT2D eigenvalue weighted by molar-refractivity contribution is 0.407. The van der Waals surface area contributed by atoms with Crippen LogP contribution in [-0.2, 0) is 11.8 Å². The van der Waals surface area contributed by atoms with Crippen molar-refractivity contribution in [2.45, 2.75) is 38.5 Å². The van der Waals surface area contributed by atoms with Crippen LogP contribution < -0.4 is 9.47 Å². The Balaban J connectivity index is 2.25. The van der Waals surface area contributed by atoms with E-state index in [9.17, 15) is 0 Å². The second kappa shape index (κ2) is 7.35. The maximum Gasteiger partial charge on any atom is 0.118 e. The maximum absolute atomic E-state index is 5.27. The number of hydrogen-bond acceptors (Lipinski definition) is 2. The van der Waals surface area contributed by atoms with Crippen LogP contribution in [-0.4, -0.2) is 14.2 Å². The van der Waals surface area contributed by atoms with Gasteiger partial charge in [-0.05, 0) is 53.6 Å². The smallest absolute Gasteiger partial charge is 0.118 e. The highest BCUT2D eigenvalue weighted by Gasteiger charge is 2.26. The first-order valence-corrected chi connectivity index (χ1v) is 7.89. The number of rotatable bonds is 7. The summed E-state index contributed by atoms with van der Waals surface area (Å²) in [6.07, 6.45) is 3.35. The lowest BCUT2D eigenvalue weighted by Crippen LogP contribution is -2.24. The Morgan fingerprint density at radius 3 is 1.77 bits per heavy atom. The zero-order chi connectivity index (χ0) is 16.0. The van der Waals surface area contributed by atoms with E-state index < -0.39 is 0 Å². The summed E-state index contributed by atoms with van der Waals surface area (Å²) in [5.74, 6) is 1.82. The Kier molecular flexibility index (Phi) is 5.48. The molecule has 0 amide bonds. The fourth-order valence-corrected chi connectivity index (χ4v) is 3.07. The molecule has 0 spiro atoms. The van der Waals surface area contributed by atoms with E-state index in [2.05, 4.69) is 50.2 Å². The average Bonchev–Trinajstić information content (AvgIpc) is 2.56. The molecule has 0 N–H and O–H groups in total. The summed E-state index contributed by atoms with van der Waals surface area (Å²) in [5.41, 5.74) is 2.84. The van der Waals surface area contributed by atoms with Crippen LogP contribution in [0.1, 0.15) is 37.8 Å². The van der Waals surface area contributed by atoms with Crippen LogP contribution in [0.15, 0.2) is 48.5 Å². The van der Waals surface area contributed by atoms with Crippen molar-refractivity contribution in [3.8, 4) is 11.5 Å². The third-order valence-electron chi connectivity index (χ3n) is 4.34. The van der Waals surface area contributed by atoms with E-state index in [0.717, 1.165) is 24.3 Å². The molecular weight excluding hydrogens is 272 g/mol. The minimum atomic E-state index is 0.135. The van der Waals surface area contributed by atoms with Crippen LogP contribution in [0.25, 0.3) is 0 Å². The van der Waals surface area contributed by atoms with Crippen molar-refractivity contribution in [2.75, 3.05) is 14.2 Å². The maximum atomic E-state index is 5.27. The summed E-state index contributed by atoms with van der Waals surface area (Å²) in [7, 11) is 3.41. The van der Waals surface area contributed by atoms with Crippen molar-refractivity contribution in [1.29, 1.82) is 0 Å². The molecule has 0 heterocycles. The third kappa shape index (κ3) is 3.82. The van der Waals surface area contributed by atoms with Crippen LogP contribution in [0.4, 0.5) is 0 Å². The van der Waals surface area contributed by atoms with Crippen molar-refractivity contribution >= 4 is 0 Å². The molecule has 2 heteroatoms. The van der Waals surface area contributed by atoms with Crippen molar-refractivity contribution < 1.29 is 9.47 Å². The zero-order valence-corrected chi connectivity index (χ0v) is 14.1. The Hall–Kier alpha value is -1.96. The van der Waals surface area contributed by atoms with Crippen molar-refractivity contribution in [3.63, 3.8) is 0 Å². The first kappa shape index (κ1) is 16.4. The van der Waals surface area contributed by atoms with E-state index in [4.69, 9.17) is 9.47 Å². The molecule has 2 aromatic carbocycles. The Labute approximate surface area is 134 Å². The summed E-state index contributed by atoms with van der Waals surface area (Å²) < 4.78 is 10.5. The summed E-state index contributed by atoms with van der Waals surface area (Å²) >= 11 is 0. The van der Waals surface area contributed by atoms with E-state index in [0.29, 0.717) is 0 Å². The molecule has 2 aromatic rings. The summed E-state index contributed by atoms with van der Waals surface area (Å²) in [4.78, 5) is 0. The van der Waals surface area contributed by atoms with E-state index in [1.807, 2.05) is 12.1 Å². The van der Waals surface area contributed by atoms with Gasteiger partial charge in [0.05, 0.1) is 14.2 Å². The van der Waals surface area contributed by atoms with Gasteiger partial charge < -0.3 is 9.47 Å². The van der Waals surface area contributed by atoms with Crippen molar-refractivity contribution in [1.82, 2.24) is 0 Å². The molecule has 0 aliphatic carbocycles. The van der Waals surface area contributed by atoms with Gasteiger partial charge in [-0.3, -0.25) is 0 Å². The average molecular weight is 298 g/mol. The van der Waals surface area contributed by atoms with Gasteiger partial charge in [0.2, 0.25) is 0 Å². The molecular formula is C20H26O2. The molecule has 118 valence electrons. The van der Waals surface area contributed by atoms with E-state index in [1.165, 1.54) is 17.5 Å². The quantitative estimate of drug-likeness (QED) is 0.716. The zero-order valence-electron chi connectivity index (χ0n) is 14.1. The van der Waals surface area contributed by atoms with Gasteiger partial charge in [0.15, 0.2) is 0 Å².